The summed E-state index contributed by atoms with van der Waals surface area (Å²) in [7, 11) is 0. The Kier molecular flexibility index (Phi) is 3.94. The standard InChI is InChI=1S/C10H14N2S/c1-4-5-6-11-9(3)10-12-7-8(2)13-10/h7,9,11H,6H2,1-3H3. The van der Waals surface area contributed by atoms with E-state index >= 15 is 0 Å². The molecule has 1 atom stereocenters. The third-order valence-electron chi connectivity index (χ3n) is 1.68. The minimum atomic E-state index is 0.305. The highest BCUT2D eigenvalue weighted by atomic mass is 32.1. The molecule has 0 aliphatic heterocycles. The lowest BCUT2D eigenvalue weighted by molar-refractivity contribution is 0.619. The zero-order chi connectivity index (χ0) is 9.68. The Balaban J connectivity index is 2.47. The molecular weight excluding hydrogens is 180 g/mol. The maximum atomic E-state index is 4.30. The second kappa shape index (κ2) is 5.00. The Hall–Kier alpha value is -0.850. The van der Waals surface area contributed by atoms with Gasteiger partial charge in [-0.3, -0.25) is 5.32 Å². The Morgan fingerprint density at radius 3 is 3.00 bits per heavy atom. The number of aromatic nitrogens is 1. The molecule has 0 aromatic carbocycles. The van der Waals surface area contributed by atoms with Crippen LogP contribution in [0.1, 0.15) is 29.8 Å². The second-order valence-corrected chi connectivity index (χ2v) is 4.10. The van der Waals surface area contributed by atoms with Gasteiger partial charge in [-0.15, -0.1) is 17.3 Å². The average Bonchev–Trinajstić information content (AvgIpc) is 2.52. The van der Waals surface area contributed by atoms with Crippen LogP contribution in [0.25, 0.3) is 0 Å². The van der Waals surface area contributed by atoms with Crippen LogP contribution in [0, 0.1) is 18.8 Å². The first kappa shape index (κ1) is 10.2. The second-order valence-electron chi connectivity index (χ2n) is 2.84. The molecule has 0 fully saturated rings. The van der Waals surface area contributed by atoms with Gasteiger partial charge in [-0.25, -0.2) is 4.98 Å². The Morgan fingerprint density at radius 2 is 2.46 bits per heavy atom. The van der Waals surface area contributed by atoms with Crippen LogP contribution in [0.15, 0.2) is 6.20 Å². The molecule has 13 heavy (non-hydrogen) atoms. The summed E-state index contributed by atoms with van der Waals surface area (Å²) < 4.78 is 0. The van der Waals surface area contributed by atoms with Gasteiger partial charge in [0, 0.05) is 11.1 Å². The van der Waals surface area contributed by atoms with Crippen molar-refractivity contribution in [3.63, 3.8) is 0 Å². The number of thiazole rings is 1. The summed E-state index contributed by atoms with van der Waals surface area (Å²) in [5, 5.41) is 4.42. The van der Waals surface area contributed by atoms with E-state index in [0.29, 0.717) is 6.04 Å². The molecule has 0 radical (unpaired) electrons. The van der Waals surface area contributed by atoms with Crippen LogP contribution in [-0.2, 0) is 0 Å². The molecule has 1 aromatic rings. The molecule has 0 aliphatic carbocycles. The van der Waals surface area contributed by atoms with Crippen molar-refractivity contribution in [2.45, 2.75) is 26.8 Å². The van der Waals surface area contributed by atoms with E-state index in [-0.39, 0.29) is 0 Å². The summed E-state index contributed by atoms with van der Waals surface area (Å²) in [5.74, 6) is 5.82. The van der Waals surface area contributed by atoms with E-state index < -0.39 is 0 Å². The zero-order valence-electron chi connectivity index (χ0n) is 8.22. The smallest absolute Gasteiger partial charge is 0.109 e. The molecular formula is C10H14N2S. The topological polar surface area (TPSA) is 24.9 Å². The fourth-order valence-corrected chi connectivity index (χ4v) is 1.75. The number of hydrogen-bond acceptors (Lipinski definition) is 3. The van der Waals surface area contributed by atoms with Gasteiger partial charge >= 0.3 is 0 Å². The van der Waals surface area contributed by atoms with Gasteiger partial charge < -0.3 is 0 Å². The first-order valence-electron chi connectivity index (χ1n) is 4.29. The Bertz CT molecular complexity index is 319. The number of hydrogen-bond donors (Lipinski definition) is 1. The predicted molar refractivity (Wildman–Crippen MR) is 56.7 cm³/mol. The fraction of sp³-hybridized carbons (Fsp3) is 0.500. The van der Waals surface area contributed by atoms with Gasteiger partial charge in [0.2, 0.25) is 0 Å². The SMILES string of the molecule is CC#CCNC(C)c1ncc(C)s1. The van der Waals surface area contributed by atoms with Crippen molar-refractivity contribution in [2.24, 2.45) is 0 Å². The van der Waals surface area contributed by atoms with Crippen molar-refractivity contribution in [3.8, 4) is 11.8 Å². The number of nitrogens with zero attached hydrogens (tertiary/aromatic N) is 1. The molecule has 0 aliphatic rings. The summed E-state index contributed by atoms with van der Waals surface area (Å²) in [6.45, 7) is 6.76. The van der Waals surface area contributed by atoms with Crippen molar-refractivity contribution in [3.05, 3.63) is 16.1 Å². The highest BCUT2D eigenvalue weighted by Gasteiger charge is 2.06. The maximum absolute atomic E-state index is 4.30. The Morgan fingerprint density at radius 1 is 1.69 bits per heavy atom. The maximum Gasteiger partial charge on any atom is 0.109 e. The third kappa shape index (κ3) is 3.17. The molecule has 0 saturated heterocycles. The van der Waals surface area contributed by atoms with E-state index in [1.807, 2.05) is 13.1 Å². The normalized spacial score (nSPS) is 11.9. The van der Waals surface area contributed by atoms with Crippen molar-refractivity contribution in [1.29, 1.82) is 0 Å². The van der Waals surface area contributed by atoms with Gasteiger partial charge in [-0.1, -0.05) is 5.92 Å². The molecule has 1 rings (SSSR count). The van der Waals surface area contributed by atoms with Crippen LogP contribution >= 0.6 is 11.3 Å². The summed E-state index contributed by atoms with van der Waals surface area (Å²) >= 11 is 1.73. The first-order valence-corrected chi connectivity index (χ1v) is 5.11. The molecule has 1 N–H and O–H groups in total. The minimum absolute atomic E-state index is 0.305. The molecule has 70 valence electrons. The van der Waals surface area contributed by atoms with Crippen molar-refractivity contribution in [2.75, 3.05) is 6.54 Å². The van der Waals surface area contributed by atoms with E-state index in [1.165, 1.54) is 4.88 Å². The van der Waals surface area contributed by atoms with Gasteiger partial charge in [-0.05, 0) is 20.8 Å². The van der Waals surface area contributed by atoms with Crippen molar-refractivity contribution >= 4 is 11.3 Å². The van der Waals surface area contributed by atoms with Crippen LogP contribution in [0.2, 0.25) is 0 Å². The molecule has 0 spiro atoms. The van der Waals surface area contributed by atoms with Crippen LogP contribution in [-0.4, -0.2) is 11.5 Å². The lowest BCUT2D eigenvalue weighted by Crippen LogP contribution is -2.18. The fourth-order valence-electron chi connectivity index (χ4n) is 0.952. The van der Waals surface area contributed by atoms with E-state index in [0.717, 1.165) is 11.6 Å². The van der Waals surface area contributed by atoms with E-state index in [1.54, 1.807) is 11.3 Å². The van der Waals surface area contributed by atoms with E-state index in [4.69, 9.17) is 0 Å². The average molecular weight is 194 g/mol. The number of rotatable bonds is 3. The van der Waals surface area contributed by atoms with Gasteiger partial charge in [0.05, 0.1) is 12.6 Å². The number of nitrogens with one attached hydrogen (secondary N) is 1. The molecule has 0 saturated carbocycles. The highest BCUT2D eigenvalue weighted by Crippen LogP contribution is 2.18. The molecule has 2 nitrogen and oxygen atoms in total. The lowest BCUT2D eigenvalue weighted by atomic mass is 10.3. The molecule has 1 heterocycles. The van der Waals surface area contributed by atoms with Crippen LogP contribution in [0.3, 0.4) is 0 Å². The van der Waals surface area contributed by atoms with Crippen LogP contribution < -0.4 is 5.32 Å². The molecule has 1 aromatic heterocycles. The molecule has 3 heteroatoms. The van der Waals surface area contributed by atoms with Crippen molar-refractivity contribution < 1.29 is 0 Å². The highest BCUT2D eigenvalue weighted by molar-refractivity contribution is 7.11. The summed E-state index contributed by atoms with van der Waals surface area (Å²) in [6, 6.07) is 0.305. The van der Waals surface area contributed by atoms with Crippen molar-refractivity contribution in [1.82, 2.24) is 10.3 Å². The van der Waals surface area contributed by atoms with Gasteiger partial charge in [0.15, 0.2) is 0 Å². The summed E-state index contributed by atoms with van der Waals surface area (Å²) in [5.41, 5.74) is 0. The van der Waals surface area contributed by atoms with E-state index in [2.05, 4.69) is 36.0 Å². The van der Waals surface area contributed by atoms with Gasteiger partial charge in [-0.2, -0.15) is 0 Å². The van der Waals surface area contributed by atoms with Crippen LogP contribution in [0.5, 0.6) is 0 Å². The molecule has 0 amide bonds. The van der Waals surface area contributed by atoms with Crippen LogP contribution in [0.4, 0.5) is 0 Å². The summed E-state index contributed by atoms with van der Waals surface area (Å²) in [6.07, 6.45) is 1.91. The van der Waals surface area contributed by atoms with E-state index in [9.17, 15) is 0 Å². The Labute approximate surface area is 83.4 Å². The third-order valence-corrected chi connectivity index (χ3v) is 2.78. The quantitative estimate of drug-likeness (QED) is 0.746. The monoisotopic (exact) mass is 194 g/mol. The molecule has 1 unspecified atom stereocenters. The largest absolute Gasteiger partial charge is 0.297 e. The minimum Gasteiger partial charge on any atom is -0.297 e. The van der Waals surface area contributed by atoms with Gasteiger partial charge in [0.25, 0.3) is 0 Å². The summed E-state index contributed by atoms with van der Waals surface area (Å²) in [4.78, 5) is 5.56. The lowest BCUT2D eigenvalue weighted by Gasteiger charge is -2.06. The van der Waals surface area contributed by atoms with Gasteiger partial charge in [0.1, 0.15) is 5.01 Å². The molecule has 0 bridgehead atoms. The predicted octanol–water partition coefficient (Wildman–Crippen LogP) is 2.13. The first-order chi connectivity index (χ1) is 6.24. The zero-order valence-corrected chi connectivity index (χ0v) is 9.03. The number of aryl methyl sites for hydroxylation is 1.